The molecule has 5 heteroatoms. The van der Waals surface area contributed by atoms with Gasteiger partial charge in [0.1, 0.15) is 11.9 Å². The van der Waals surface area contributed by atoms with Gasteiger partial charge in [-0.05, 0) is 12.3 Å². The first-order valence-electron chi connectivity index (χ1n) is 4.59. The molecular formula is C10H14N4S. The Kier molecular flexibility index (Phi) is 4.25. The van der Waals surface area contributed by atoms with Gasteiger partial charge in [-0.3, -0.25) is 0 Å². The number of thioether (sulfide) groups is 1. The second-order valence-electron chi connectivity index (χ2n) is 3.20. The van der Waals surface area contributed by atoms with Crippen LogP contribution in [0.5, 0.6) is 0 Å². The molecule has 80 valence electrons. The van der Waals surface area contributed by atoms with E-state index < -0.39 is 0 Å². The number of aromatic nitrogens is 1. The van der Waals surface area contributed by atoms with Crippen LogP contribution in [0.2, 0.25) is 0 Å². The van der Waals surface area contributed by atoms with Crippen molar-refractivity contribution in [2.24, 2.45) is 0 Å². The molecule has 1 aromatic heterocycles. The van der Waals surface area contributed by atoms with Crippen LogP contribution in [-0.2, 0) is 0 Å². The first-order chi connectivity index (χ1) is 7.17. The molecule has 0 saturated heterocycles. The molecule has 1 aromatic rings. The van der Waals surface area contributed by atoms with Gasteiger partial charge in [-0.1, -0.05) is 6.92 Å². The van der Waals surface area contributed by atoms with Gasteiger partial charge in [-0.15, -0.1) is 0 Å². The summed E-state index contributed by atoms with van der Waals surface area (Å²) in [7, 11) is 0. The van der Waals surface area contributed by atoms with E-state index in [9.17, 15) is 0 Å². The number of nitrogens with zero attached hydrogens (tertiary/aromatic N) is 2. The van der Waals surface area contributed by atoms with E-state index in [0.717, 1.165) is 6.54 Å². The van der Waals surface area contributed by atoms with E-state index in [2.05, 4.69) is 23.3 Å². The van der Waals surface area contributed by atoms with Gasteiger partial charge >= 0.3 is 0 Å². The Bertz CT molecular complexity index is 372. The van der Waals surface area contributed by atoms with Gasteiger partial charge in [0.15, 0.2) is 0 Å². The van der Waals surface area contributed by atoms with E-state index in [1.54, 1.807) is 24.0 Å². The molecule has 0 aliphatic heterocycles. The summed E-state index contributed by atoms with van der Waals surface area (Å²) in [5.74, 6) is 0.604. The fraction of sp³-hybridized carbons (Fsp3) is 0.400. The van der Waals surface area contributed by atoms with Gasteiger partial charge in [-0.25, -0.2) is 4.98 Å². The number of hydrogen-bond donors (Lipinski definition) is 2. The van der Waals surface area contributed by atoms with Crippen molar-refractivity contribution in [3.05, 3.63) is 17.8 Å². The summed E-state index contributed by atoms with van der Waals surface area (Å²) in [6, 6.07) is 3.69. The lowest BCUT2D eigenvalue weighted by Gasteiger charge is -2.11. The van der Waals surface area contributed by atoms with E-state index >= 15 is 0 Å². The van der Waals surface area contributed by atoms with Gasteiger partial charge in [0.25, 0.3) is 0 Å². The average molecular weight is 222 g/mol. The Morgan fingerprint density at radius 3 is 3.07 bits per heavy atom. The number of hydrogen-bond acceptors (Lipinski definition) is 5. The molecule has 1 unspecified atom stereocenters. The number of nitrogen functional groups attached to an aromatic ring is 1. The van der Waals surface area contributed by atoms with Crippen LogP contribution in [0.4, 0.5) is 11.5 Å². The fourth-order valence-electron chi connectivity index (χ4n) is 1.03. The molecule has 0 aliphatic rings. The van der Waals surface area contributed by atoms with Crippen LogP contribution in [-0.4, -0.2) is 23.0 Å². The van der Waals surface area contributed by atoms with Crippen LogP contribution >= 0.6 is 11.8 Å². The maximum absolute atomic E-state index is 8.87. The second kappa shape index (κ2) is 5.47. The Morgan fingerprint density at radius 1 is 1.73 bits per heavy atom. The van der Waals surface area contributed by atoms with Crippen molar-refractivity contribution in [2.75, 3.05) is 23.9 Å². The number of pyridine rings is 1. The predicted octanol–water partition coefficient (Wildman–Crippen LogP) is 1.70. The third-order valence-electron chi connectivity index (χ3n) is 1.99. The van der Waals surface area contributed by atoms with Crippen molar-refractivity contribution in [1.82, 2.24) is 4.98 Å². The monoisotopic (exact) mass is 222 g/mol. The van der Waals surface area contributed by atoms with Gasteiger partial charge in [0, 0.05) is 11.8 Å². The van der Waals surface area contributed by atoms with E-state index in [-0.39, 0.29) is 0 Å². The van der Waals surface area contributed by atoms with Crippen molar-refractivity contribution >= 4 is 23.3 Å². The van der Waals surface area contributed by atoms with Crippen LogP contribution in [0.1, 0.15) is 12.5 Å². The summed E-state index contributed by atoms with van der Waals surface area (Å²) in [6.45, 7) is 2.90. The number of nitrogens with two attached hydrogens (primary N) is 1. The molecule has 3 N–H and O–H groups in total. The SMILES string of the molecule is CSC(C)CNc1ncc(N)cc1C#N. The molecule has 1 rings (SSSR count). The first-order valence-corrected chi connectivity index (χ1v) is 5.88. The van der Waals surface area contributed by atoms with Crippen LogP contribution in [0.25, 0.3) is 0 Å². The molecule has 0 radical (unpaired) electrons. The minimum Gasteiger partial charge on any atom is -0.397 e. The maximum atomic E-state index is 8.87. The number of nitriles is 1. The Hall–Kier alpha value is -1.41. The topological polar surface area (TPSA) is 74.7 Å². The predicted molar refractivity (Wildman–Crippen MR) is 64.8 cm³/mol. The van der Waals surface area contributed by atoms with Crippen LogP contribution in [0.3, 0.4) is 0 Å². The molecule has 4 nitrogen and oxygen atoms in total. The van der Waals surface area contributed by atoms with Crippen LogP contribution in [0, 0.1) is 11.3 Å². The maximum Gasteiger partial charge on any atom is 0.144 e. The molecule has 0 aliphatic carbocycles. The molecule has 0 fully saturated rings. The zero-order valence-electron chi connectivity index (χ0n) is 8.82. The highest BCUT2D eigenvalue weighted by Gasteiger charge is 2.05. The quantitative estimate of drug-likeness (QED) is 0.811. The fourth-order valence-corrected chi connectivity index (χ4v) is 1.28. The standard InChI is InChI=1S/C10H14N4S/c1-7(15-2)5-13-10-8(4-11)3-9(12)6-14-10/h3,6-7H,5,12H2,1-2H3,(H,13,14). The van der Waals surface area contributed by atoms with Gasteiger partial charge < -0.3 is 11.1 Å². The highest BCUT2D eigenvalue weighted by atomic mass is 32.2. The Morgan fingerprint density at radius 2 is 2.47 bits per heavy atom. The molecule has 15 heavy (non-hydrogen) atoms. The highest BCUT2D eigenvalue weighted by molar-refractivity contribution is 7.99. The van der Waals surface area contributed by atoms with Crippen molar-refractivity contribution in [2.45, 2.75) is 12.2 Å². The first kappa shape index (κ1) is 11.7. The van der Waals surface area contributed by atoms with E-state index in [1.165, 1.54) is 0 Å². The summed E-state index contributed by atoms with van der Waals surface area (Å²) in [5, 5.41) is 12.5. The lowest BCUT2D eigenvalue weighted by atomic mass is 10.2. The molecule has 0 spiro atoms. The summed E-state index contributed by atoms with van der Waals surface area (Å²) in [4.78, 5) is 4.09. The van der Waals surface area contributed by atoms with E-state index in [1.807, 2.05) is 6.26 Å². The Balaban J connectivity index is 2.73. The van der Waals surface area contributed by atoms with Crippen LogP contribution in [0.15, 0.2) is 12.3 Å². The van der Waals surface area contributed by atoms with Gasteiger partial charge in [-0.2, -0.15) is 17.0 Å². The van der Waals surface area contributed by atoms with E-state index in [0.29, 0.717) is 22.3 Å². The number of rotatable bonds is 4. The van der Waals surface area contributed by atoms with Crippen LogP contribution < -0.4 is 11.1 Å². The van der Waals surface area contributed by atoms with E-state index in [4.69, 9.17) is 11.0 Å². The van der Waals surface area contributed by atoms with Crippen molar-refractivity contribution in [1.29, 1.82) is 5.26 Å². The van der Waals surface area contributed by atoms with Gasteiger partial charge in [0.2, 0.25) is 0 Å². The molecule has 1 heterocycles. The summed E-state index contributed by atoms with van der Waals surface area (Å²) >= 11 is 1.76. The van der Waals surface area contributed by atoms with Crippen molar-refractivity contribution in [3.8, 4) is 6.07 Å². The highest BCUT2D eigenvalue weighted by Crippen LogP contribution is 2.15. The lowest BCUT2D eigenvalue weighted by Crippen LogP contribution is -2.14. The lowest BCUT2D eigenvalue weighted by molar-refractivity contribution is 0.990. The molecule has 0 bridgehead atoms. The molecule has 1 atom stereocenters. The third kappa shape index (κ3) is 3.33. The average Bonchev–Trinajstić information content (AvgIpc) is 2.26. The normalized spacial score (nSPS) is 11.8. The smallest absolute Gasteiger partial charge is 0.144 e. The number of anilines is 2. The summed E-state index contributed by atoms with van der Waals surface area (Å²) < 4.78 is 0. The van der Waals surface area contributed by atoms with Crippen molar-refractivity contribution < 1.29 is 0 Å². The zero-order valence-corrected chi connectivity index (χ0v) is 9.64. The Labute approximate surface area is 93.9 Å². The molecular weight excluding hydrogens is 208 g/mol. The molecule has 0 saturated carbocycles. The summed E-state index contributed by atoms with van der Waals surface area (Å²) in [5.41, 5.74) is 6.54. The molecule has 0 aromatic carbocycles. The molecule has 0 amide bonds. The van der Waals surface area contributed by atoms with Crippen molar-refractivity contribution in [3.63, 3.8) is 0 Å². The minimum absolute atomic E-state index is 0.482. The minimum atomic E-state index is 0.482. The zero-order chi connectivity index (χ0) is 11.3. The third-order valence-corrected chi connectivity index (χ3v) is 2.96. The number of nitrogens with one attached hydrogen (secondary N) is 1. The largest absolute Gasteiger partial charge is 0.397 e. The summed E-state index contributed by atoms with van der Waals surface area (Å²) in [6.07, 6.45) is 3.60. The second-order valence-corrected chi connectivity index (χ2v) is 4.48. The van der Waals surface area contributed by atoms with Gasteiger partial charge in [0.05, 0.1) is 17.4 Å².